The van der Waals surface area contributed by atoms with E-state index in [1.165, 1.54) is 5.56 Å². The second-order valence-electron chi connectivity index (χ2n) is 4.94. The third-order valence-electron chi connectivity index (χ3n) is 3.24. The van der Waals surface area contributed by atoms with Gasteiger partial charge in [0.25, 0.3) is 0 Å². The average Bonchev–Trinajstić information content (AvgIpc) is 3.01. The molecule has 0 saturated heterocycles. The molecule has 1 aromatic heterocycles. The predicted octanol–water partition coefficient (Wildman–Crippen LogP) is 2.60. The van der Waals surface area contributed by atoms with Crippen LogP contribution in [0, 0.1) is 0 Å². The molecule has 1 aromatic carbocycles. The molecule has 0 fully saturated rings. The second kappa shape index (κ2) is 10.2. The molecule has 1 heterocycles. The number of hydrogen-bond acceptors (Lipinski definition) is 2. The Morgan fingerprint density at radius 1 is 1.27 bits per heavy atom. The molecule has 0 aliphatic rings. The van der Waals surface area contributed by atoms with Crippen LogP contribution in [0.25, 0.3) is 0 Å². The summed E-state index contributed by atoms with van der Waals surface area (Å²) in [5.74, 6) is 0.916. The number of rotatable bonds is 6. The summed E-state index contributed by atoms with van der Waals surface area (Å²) in [6.07, 6.45) is 4.80. The maximum absolute atomic E-state index is 4.33. The van der Waals surface area contributed by atoms with Crippen molar-refractivity contribution in [3.63, 3.8) is 0 Å². The van der Waals surface area contributed by atoms with E-state index in [1.807, 2.05) is 30.1 Å². The minimum atomic E-state index is 0. The molecular formula is C16H24IN5. The molecule has 0 aliphatic heterocycles. The van der Waals surface area contributed by atoms with E-state index in [9.17, 15) is 0 Å². The first kappa shape index (κ1) is 18.5. The SMILES string of the molecule is CN=C(NCCCn1cccn1)N(C)Cc1ccccc1.I. The van der Waals surface area contributed by atoms with Gasteiger partial charge >= 0.3 is 0 Å². The normalized spacial score (nSPS) is 10.9. The largest absolute Gasteiger partial charge is 0.356 e. The standard InChI is InChI=1S/C16H23N5.HI/c1-17-16(18-10-6-12-21-13-7-11-19-21)20(2)14-15-8-4-3-5-9-15;/h3-5,7-9,11,13H,6,10,12,14H2,1-2H3,(H,17,18);1H. The molecular weight excluding hydrogens is 389 g/mol. The van der Waals surface area contributed by atoms with Gasteiger partial charge in [-0.3, -0.25) is 9.67 Å². The van der Waals surface area contributed by atoms with Gasteiger partial charge in [0.15, 0.2) is 5.96 Å². The van der Waals surface area contributed by atoms with Crippen LogP contribution in [0.1, 0.15) is 12.0 Å². The summed E-state index contributed by atoms with van der Waals surface area (Å²) in [5.41, 5.74) is 1.28. The Morgan fingerprint density at radius 2 is 2.05 bits per heavy atom. The van der Waals surface area contributed by atoms with E-state index in [2.05, 4.69) is 51.6 Å². The molecule has 0 amide bonds. The number of hydrogen-bond donors (Lipinski definition) is 1. The maximum atomic E-state index is 4.33. The lowest BCUT2D eigenvalue weighted by Crippen LogP contribution is -2.39. The fraction of sp³-hybridized carbons (Fsp3) is 0.375. The van der Waals surface area contributed by atoms with Crippen LogP contribution in [-0.4, -0.2) is 41.3 Å². The van der Waals surface area contributed by atoms with Gasteiger partial charge in [0.05, 0.1) is 0 Å². The molecule has 5 nitrogen and oxygen atoms in total. The van der Waals surface area contributed by atoms with Gasteiger partial charge < -0.3 is 10.2 Å². The van der Waals surface area contributed by atoms with Crippen molar-refractivity contribution < 1.29 is 0 Å². The van der Waals surface area contributed by atoms with Gasteiger partial charge in [-0.2, -0.15) is 5.10 Å². The van der Waals surface area contributed by atoms with Gasteiger partial charge in [-0.15, -0.1) is 24.0 Å². The van der Waals surface area contributed by atoms with E-state index < -0.39 is 0 Å². The van der Waals surface area contributed by atoms with Gasteiger partial charge in [0.2, 0.25) is 0 Å². The number of halogens is 1. The van der Waals surface area contributed by atoms with Gasteiger partial charge in [-0.25, -0.2) is 0 Å². The molecule has 0 aliphatic carbocycles. The number of guanidine groups is 1. The van der Waals surface area contributed by atoms with Gasteiger partial charge in [-0.05, 0) is 18.1 Å². The lowest BCUT2D eigenvalue weighted by atomic mass is 10.2. The molecule has 0 unspecified atom stereocenters. The number of nitrogens with one attached hydrogen (secondary N) is 1. The zero-order valence-electron chi connectivity index (χ0n) is 13.1. The van der Waals surface area contributed by atoms with E-state index in [0.717, 1.165) is 32.0 Å². The Labute approximate surface area is 149 Å². The Kier molecular flexibility index (Phi) is 8.57. The van der Waals surface area contributed by atoms with Crippen LogP contribution in [-0.2, 0) is 13.1 Å². The lowest BCUT2D eigenvalue weighted by Gasteiger charge is -2.22. The molecule has 0 radical (unpaired) electrons. The highest BCUT2D eigenvalue weighted by Gasteiger charge is 2.05. The molecule has 0 spiro atoms. The van der Waals surface area contributed by atoms with Crippen LogP contribution in [0.3, 0.4) is 0 Å². The first-order valence-electron chi connectivity index (χ1n) is 7.22. The van der Waals surface area contributed by atoms with Crippen LogP contribution in [0.4, 0.5) is 0 Å². The monoisotopic (exact) mass is 413 g/mol. The number of nitrogens with zero attached hydrogens (tertiary/aromatic N) is 4. The van der Waals surface area contributed by atoms with E-state index in [0.29, 0.717) is 0 Å². The Hall–Kier alpha value is -1.57. The summed E-state index contributed by atoms with van der Waals surface area (Å²) in [5, 5.41) is 7.58. The summed E-state index contributed by atoms with van der Waals surface area (Å²) >= 11 is 0. The highest BCUT2D eigenvalue weighted by Crippen LogP contribution is 2.02. The van der Waals surface area contributed by atoms with Crippen LogP contribution in [0.2, 0.25) is 0 Å². The van der Waals surface area contributed by atoms with Crippen molar-refractivity contribution in [1.82, 2.24) is 20.0 Å². The Morgan fingerprint density at radius 3 is 2.68 bits per heavy atom. The van der Waals surface area contributed by atoms with Crippen LogP contribution < -0.4 is 5.32 Å². The molecule has 0 bridgehead atoms. The van der Waals surface area contributed by atoms with Crippen molar-refractivity contribution in [1.29, 1.82) is 0 Å². The molecule has 0 atom stereocenters. The summed E-state index contributed by atoms with van der Waals surface area (Å²) in [6, 6.07) is 12.3. The molecule has 0 saturated carbocycles. The van der Waals surface area contributed by atoms with E-state index in [4.69, 9.17) is 0 Å². The average molecular weight is 413 g/mol. The summed E-state index contributed by atoms with van der Waals surface area (Å²) in [6.45, 7) is 2.64. The zero-order chi connectivity index (χ0) is 14.9. The van der Waals surface area contributed by atoms with Crippen molar-refractivity contribution in [2.45, 2.75) is 19.5 Å². The highest BCUT2D eigenvalue weighted by molar-refractivity contribution is 14.0. The third kappa shape index (κ3) is 6.05. The number of aromatic nitrogens is 2. The lowest BCUT2D eigenvalue weighted by molar-refractivity contribution is 0.471. The predicted molar refractivity (Wildman–Crippen MR) is 102 cm³/mol. The molecule has 2 aromatic rings. The fourth-order valence-electron chi connectivity index (χ4n) is 2.19. The zero-order valence-corrected chi connectivity index (χ0v) is 15.5. The van der Waals surface area contributed by atoms with Crippen LogP contribution >= 0.6 is 24.0 Å². The van der Waals surface area contributed by atoms with E-state index in [-0.39, 0.29) is 24.0 Å². The van der Waals surface area contributed by atoms with Crippen molar-refractivity contribution in [3.8, 4) is 0 Å². The number of benzene rings is 1. The van der Waals surface area contributed by atoms with Crippen LogP contribution in [0.5, 0.6) is 0 Å². The smallest absolute Gasteiger partial charge is 0.193 e. The van der Waals surface area contributed by atoms with Gasteiger partial charge in [0.1, 0.15) is 0 Å². The number of aliphatic imine (C=N–C) groups is 1. The van der Waals surface area contributed by atoms with Gasteiger partial charge in [0, 0.05) is 46.1 Å². The van der Waals surface area contributed by atoms with Crippen molar-refractivity contribution >= 4 is 29.9 Å². The quantitative estimate of drug-likeness (QED) is 0.343. The van der Waals surface area contributed by atoms with Gasteiger partial charge in [-0.1, -0.05) is 30.3 Å². The molecule has 2 rings (SSSR count). The van der Waals surface area contributed by atoms with E-state index >= 15 is 0 Å². The first-order chi connectivity index (χ1) is 10.3. The van der Waals surface area contributed by atoms with Crippen LogP contribution in [0.15, 0.2) is 53.8 Å². The van der Waals surface area contributed by atoms with Crippen molar-refractivity contribution in [2.24, 2.45) is 4.99 Å². The minimum Gasteiger partial charge on any atom is -0.356 e. The maximum Gasteiger partial charge on any atom is 0.193 e. The number of aryl methyl sites for hydroxylation is 1. The molecule has 6 heteroatoms. The van der Waals surface area contributed by atoms with E-state index in [1.54, 1.807) is 6.20 Å². The summed E-state index contributed by atoms with van der Waals surface area (Å²) in [7, 11) is 3.87. The molecule has 22 heavy (non-hydrogen) atoms. The first-order valence-corrected chi connectivity index (χ1v) is 7.22. The topological polar surface area (TPSA) is 45.5 Å². The third-order valence-corrected chi connectivity index (χ3v) is 3.24. The summed E-state index contributed by atoms with van der Waals surface area (Å²) in [4.78, 5) is 6.46. The Balaban J connectivity index is 0.00000242. The second-order valence-corrected chi connectivity index (χ2v) is 4.94. The summed E-state index contributed by atoms with van der Waals surface area (Å²) < 4.78 is 1.94. The Bertz CT molecular complexity index is 539. The minimum absolute atomic E-state index is 0. The van der Waals surface area contributed by atoms with Crippen molar-refractivity contribution in [3.05, 3.63) is 54.4 Å². The molecule has 120 valence electrons. The highest BCUT2D eigenvalue weighted by atomic mass is 127. The molecule has 1 N–H and O–H groups in total. The van der Waals surface area contributed by atoms with Crippen molar-refractivity contribution in [2.75, 3.05) is 20.6 Å². The fourth-order valence-corrected chi connectivity index (χ4v) is 2.19.